The maximum atomic E-state index is 5.55. The first-order valence-corrected chi connectivity index (χ1v) is 6.07. The van der Waals surface area contributed by atoms with Crippen LogP contribution >= 0.6 is 0 Å². The van der Waals surface area contributed by atoms with Crippen molar-refractivity contribution < 1.29 is 9.15 Å². The fourth-order valence-corrected chi connectivity index (χ4v) is 2.10. The Morgan fingerprint density at radius 2 is 1.83 bits per heavy atom. The fourth-order valence-electron chi connectivity index (χ4n) is 2.10. The normalized spacial score (nSPS) is 12.2. The van der Waals surface area contributed by atoms with Crippen LogP contribution in [0.25, 0.3) is 0 Å². The molecule has 0 radical (unpaired) electrons. The van der Waals surface area contributed by atoms with E-state index in [9.17, 15) is 0 Å². The fraction of sp³-hybridized carbons (Fsp3) is 0.333. The second-order valence-corrected chi connectivity index (χ2v) is 4.46. The first kappa shape index (κ1) is 12.6. The quantitative estimate of drug-likeness (QED) is 0.881. The van der Waals surface area contributed by atoms with Gasteiger partial charge < -0.3 is 14.5 Å². The molecule has 18 heavy (non-hydrogen) atoms. The summed E-state index contributed by atoms with van der Waals surface area (Å²) in [5.41, 5.74) is 2.27. The van der Waals surface area contributed by atoms with Crippen LogP contribution in [-0.4, -0.2) is 7.11 Å². The van der Waals surface area contributed by atoms with Crippen molar-refractivity contribution >= 4 is 5.69 Å². The molecule has 2 rings (SSSR count). The van der Waals surface area contributed by atoms with Crippen LogP contribution in [0.2, 0.25) is 0 Å². The van der Waals surface area contributed by atoms with Gasteiger partial charge in [0, 0.05) is 11.3 Å². The van der Waals surface area contributed by atoms with E-state index >= 15 is 0 Å². The number of nitrogens with one attached hydrogen (secondary N) is 1. The van der Waals surface area contributed by atoms with Crippen molar-refractivity contribution in [3.05, 3.63) is 47.4 Å². The highest BCUT2D eigenvalue weighted by atomic mass is 16.5. The van der Waals surface area contributed by atoms with Crippen LogP contribution in [0.5, 0.6) is 5.75 Å². The zero-order valence-corrected chi connectivity index (χ0v) is 11.3. The Morgan fingerprint density at radius 3 is 2.33 bits per heavy atom. The van der Waals surface area contributed by atoms with Gasteiger partial charge in [-0.05, 0) is 51.1 Å². The molecule has 1 atom stereocenters. The molecule has 0 saturated heterocycles. The van der Waals surface area contributed by atoms with Gasteiger partial charge in [0.1, 0.15) is 17.3 Å². The van der Waals surface area contributed by atoms with Gasteiger partial charge >= 0.3 is 0 Å². The molecule has 0 unspecified atom stereocenters. The zero-order chi connectivity index (χ0) is 13.1. The number of benzene rings is 1. The van der Waals surface area contributed by atoms with Crippen LogP contribution in [0.3, 0.4) is 0 Å². The molecule has 0 aliphatic rings. The van der Waals surface area contributed by atoms with E-state index < -0.39 is 0 Å². The standard InChI is InChI=1S/C15H19NO2/c1-10-9-15(12(3)18-10)11(2)16-13-5-7-14(17-4)8-6-13/h5-9,11,16H,1-4H3/t11-/m0/s1. The predicted octanol–water partition coefficient (Wildman–Crippen LogP) is 4.08. The molecule has 2 aromatic rings. The van der Waals surface area contributed by atoms with Gasteiger partial charge in [-0.1, -0.05) is 0 Å². The van der Waals surface area contributed by atoms with Crippen LogP contribution < -0.4 is 10.1 Å². The Morgan fingerprint density at radius 1 is 1.17 bits per heavy atom. The number of ether oxygens (including phenoxy) is 1. The molecule has 0 amide bonds. The van der Waals surface area contributed by atoms with E-state index in [0.717, 1.165) is 23.0 Å². The molecule has 1 heterocycles. The summed E-state index contributed by atoms with van der Waals surface area (Å²) in [4.78, 5) is 0. The summed E-state index contributed by atoms with van der Waals surface area (Å²) in [7, 11) is 1.67. The van der Waals surface area contributed by atoms with Gasteiger partial charge in [-0.3, -0.25) is 0 Å². The molecule has 0 aliphatic heterocycles. The largest absolute Gasteiger partial charge is 0.497 e. The highest BCUT2D eigenvalue weighted by molar-refractivity contribution is 5.48. The Hall–Kier alpha value is -1.90. The van der Waals surface area contributed by atoms with E-state index in [2.05, 4.69) is 18.3 Å². The van der Waals surface area contributed by atoms with Gasteiger partial charge in [0.05, 0.1) is 13.2 Å². The van der Waals surface area contributed by atoms with Crippen LogP contribution in [0.4, 0.5) is 5.69 Å². The van der Waals surface area contributed by atoms with Crippen molar-refractivity contribution in [2.75, 3.05) is 12.4 Å². The molecule has 1 aromatic carbocycles. The topological polar surface area (TPSA) is 34.4 Å². The summed E-state index contributed by atoms with van der Waals surface area (Å²) in [6.45, 7) is 6.09. The molecule has 0 fully saturated rings. The number of hydrogen-bond donors (Lipinski definition) is 1. The second kappa shape index (κ2) is 5.17. The van der Waals surface area contributed by atoms with Gasteiger partial charge in [0.15, 0.2) is 0 Å². The third-order valence-electron chi connectivity index (χ3n) is 3.02. The molecule has 3 heteroatoms. The minimum Gasteiger partial charge on any atom is -0.497 e. The van der Waals surface area contributed by atoms with Crippen LogP contribution in [0, 0.1) is 13.8 Å². The summed E-state index contributed by atoms with van der Waals surface area (Å²) in [5.74, 6) is 2.79. The number of hydrogen-bond acceptors (Lipinski definition) is 3. The average Bonchev–Trinajstić information content (AvgIpc) is 2.69. The van der Waals surface area contributed by atoms with Gasteiger partial charge in [-0.15, -0.1) is 0 Å². The van der Waals surface area contributed by atoms with E-state index in [1.807, 2.05) is 38.1 Å². The molecular formula is C15H19NO2. The van der Waals surface area contributed by atoms with Crippen molar-refractivity contribution in [2.45, 2.75) is 26.8 Å². The zero-order valence-electron chi connectivity index (χ0n) is 11.3. The molecule has 0 aliphatic carbocycles. The molecule has 0 bridgehead atoms. The van der Waals surface area contributed by atoms with E-state index in [1.54, 1.807) is 7.11 Å². The molecule has 96 valence electrons. The third-order valence-corrected chi connectivity index (χ3v) is 3.02. The maximum Gasteiger partial charge on any atom is 0.119 e. The van der Waals surface area contributed by atoms with E-state index in [0.29, 0.717) is 0 Å². The lowest BCUT2D eigenvalue weighted by molar-refractivity contribution is 0.415. The van der Waals surface area contributed by atoms with Gasteiger partial charge in [0.25, 0.3) is 0 Å². The first-order valence-electron chi connectivity index (χ1n) is 6.07. The lowest BCUT2D eigenvalue weighted by atomic mass is 10.1. The van der Waals surface area contributed by atoms with E-state index in [4.69, 9.17) is 9.15 Å². The van der Waals surface area contributed by atoms with E-state index in [-0.39, 0.29) is 6.04 Å². The summed E-state index contributed by atoms with van der Waals surface area (Å²) in [5, 5.41) is 3.45. The Bertz CT molecular complexity index is 514. The lowest BCUT2D eigenvalue weighted by Crippen LogP contribution is -2.06. The van der Waals surface area contributed by atoms with Gasteiger partial charge in [0.2, 0.25) is 0 Å². The van der Waals surface area contributed by atoms with Crippen LogP contribution in [0.1, 0.15) is 30.0 Å². The number of methoxy groups -OCH3 is 1. The number of aryl methyl sites for hydroxylation is 2. The third kappa shape index (κ3) is 2.67. The minimum atomic E-state index is 0.218. The molecule has 1 N–H and O–H groups in total. The summed E-state index contributed by atoms with van der Waals surface area (Å²) >= 11 is 0. The maximum absolute atomic E-state index is 5.55. The molecule has 3 nitrogen and oxygen atoms in total. The summed E-state index contributed by atoms with van der Waals surface area (Å²) < 4.78 is 10.7. The van der Waals surface area contributed by atoms with Crippen molar-refractivity contribution in [2.24, 2.45) is 0 Å². The molecule has 1 aromatic heterocycles. The monoisotopic (exact) mass is 245 g/mol. The van der Waals surface area contributed by atoms with Crippen LogP contribution in [0.15, 0.2) is 34.7 Å². The number of rotatable bonds is 4. The second-order valence-electron chi connectivity index (χ2n) is 4.46. The highest BCUT2D eigenvalue weighted by Gasteiger charge is 2.12. The van der Waals surface area contributed by atoms with Crippen molar-refractivity contribution in [3.63, 3.8) is 0 Å². The van der Waals surface area contributed by atoms with Gasteiger partial charge in [-0.25, -0.2) is 0 Å². The molecule has 0 saturated carbocycles. The average molecular weight is 245 g/mol. The number of furan rings is 1. The van der Waals surface area contributed by atoms with Crippen molar-refractivity contribution in [1.29, 1.82) is 0 Å². The van der Waals surface area contributed by atoms with E-state index in [1.165, 1.54) is 5.56 Å². The Kier molecular flexibility index (Phi) is 3.60. The molecular weight excluding hydrogens is 226 g/mol. The predicted molar refractivity (Wildman–Crippen MR) is 73.2 cm³/mol. The smallest absolute Gasteiger partial charge is 0.119 e. The summed E-state index contributed by atoms with van der Waals surface area (Å²) in [6.07, 6.45) is 0. The van der Waals surface area contributed by atoms with Crippen molar-refractivity contribution in [1.82, 2.24) is 0 Å². The minimum absolute atomic E-state index is 0.218. The van der Waals surface area contributed by atoms with Crippen molar-refractivity contribution in [3.8, 4) is 5.75 Å². The highest BCUT2D eigenvalue weighted by Crippen LogP contribution is 2.25. The SMILES string of the molecule is COc1ccc(N[C@@H](C)c2cc(C)oc2C)cc1. The lowest BCUT2D eigenvalue weighted by Gasteiger charge is -2.14. The van der Waals surface area contributed by atoms with Crippen LogP contribution in [-0.2, 0) is 0 Å². The Labute approximate surface area is 108 Å². The Balaban J connectivity index is 2.10. The number of anilines is 1. The molecule has 0 spiro atoms. The summed E-state index contributed by atoms with van der Waals surface area (Å²) in [6, 6.07) is 10.2. The first-order chi connectivity index (χ1) is 8.60. The van der Waals surface area contributed by atoms with Gasteiger partial charge in [-0.2, -0.15) is 0 Å².